The maximum atomic E-state index is 9.14. The molecule has 0 amide bonds. The minimum atomic E-state index is 0.0232. The predicted molar refractivity (Wildman–Crippen MR) is 74.4 cm³/mol. The van der Waals surface area contributed by atoms with Gasteiger partial charge in [0.2, 0.25) is 0 Å². The van der Waals surface area contributed by atoms with Crippen molar-refractivity contribution in [2.24, 2.45) is 7.05 Å². The van der Waals surface area contributed by atoms with Crippen molar-refractivity contribution in [2.75, 3.05) is 5.75 Å². The highest BCUT2D eigenvalue weighted by Gasteiger charge is 2.23. The fourth-order valence-electron chi connectivity index (χ4n) is 2.22. The minimum Gasteiger partial charge on any atom is -0.489 e. The first-order valence-electron chi connectivity index (χ1n) is 6.26. The molecule has 1 aliphatic heterocycles. The topological polar surface area (TPSA) is 47.3 Å². The maximum absolute atomic E-state index is 9.14. The van der Waals surface area contributed by atoms with Gasteiger partial charge < -0.3 is 14.4 Å². The van der Waals surface area contributed by atoms with Crippen LogP contribution in [0.15, 0.2) is 35.6 Å². The highest BCUT2D eigenvalue weighted by Crippen LogP contribution is 2.30. The van der Waals surface area contributed by atoms with Crippen LogP contribution in [-0.4, -0.2) is 26.5 Å². The molecule has 19 heavy (non-hydrogen) atoms. The molecule has 1 aromatic carbocycles. The lowest BCUT2D eigenvalue weighted by Crippen LogP contribution is -2.16. The van der Waals surface area contributed by atoms with Gasteiger partial charge in [-0.15, -0.1) is 0 Å². The highest BCUT2D eigenvalue weighted by molar-refractivity contribution is 7.99. The molecule has 0 saturated carbocycles. The van der Waals surface area contributed by atoms with Gasteiger partial charge in [0.1, 0.15) is 11.9 Å². The van der Waals surface area contributed by atoms with Crippen LogP contribution in [0.2, 0.25) is 0 Å². The Labute approximate surface area is 116 Å². The van der Waals surface area contributed by atoms with Gasteiger partial charge in [-0.25, -0.2) is 4.98 Å². The number of benzene rings is 1. The van der Waals surface area contributed by atoms with Gasteiger partial charge in [-0.2, -0.15) is 0 Å². The van der Waals surface area contributed by atoms with Crippen molar-refractivity contribution in [2.45, 2.75) is 24.3 Å². The van der Waals surface area contributed by atoms with E-state index < -0.39 is 0 Å². The fraction of sp³-hybridized carbons (Fsp3) is 0.357. The van der Waals surface area contributed by atoms with E-state index >= 15 is 0 Å². The number of aliphatic hydroxyl groups is 1. The third-order valence-electron chi connectivity index (χ3n) is 3.32. The van der Waals surface area contributed by atoms with Crippen molar-refractivity contribution in [3.05, 3.63) is 41.7 Å². The molecule has 0 bridgehead atoms. The standard InChI is InChI=1S/C14H16N2O2S/c1-16-11(8-17)7-15-14(16)19-9-12-6-10-4-2-3-5-13(10)18-12/h2-5,7,12,17H,6,8-9H2,1H3. The van der Waals surface area contributed by atoms with Crippen LogP contribution in [0, 0.1) is 0 Å². The molecule has 0 fully saturated rings. The lowest BCUT2D eigenvalue weighted by molar-refractivity contribution is 0.259. The molecule has 0 saturated heterocycles. The second-order valence-electron chi connectivity index (χ2n) is 4.61. The molecular formula is C14H16N2O2S. The van der Waals surface area contributed by atoms with Gasteiger partial charge in [-0.05, 0) is 11.6 Å². The van der Waals surface area contributed by atoms with Crippen LogP contribution < -0.4 is 4.74 Å². The molecule has 0 spiro atoms. The summed E-state index contributed by atoms with van der Waals surface area (Å²) in [6, 6.07) is 8.18. The van der Waals surface area contributed by atoms with Crippen molar-refractivity contribution in [1.82, 2.24) is 9.55 Å². The number of hydrogen-bond donors (Lipinski definition) is 1. The number of nitrogens with zero attached hydrogens (tertiary/aromatic N) is 2. The molecule has 100 valence electrons. The summed E-state index contributed by atoms with van der Waals surface area (Å²) in [5, 5.41) is 10.1. The Morgan fingerprint density at radius 2 is 2.32 bits per heavy atom. The Hall–Kier alpha value is -1.46. The van der Waals surface area contributed by atoms with E-state index in [1.807, 2.05) is 29.8 Å². The number of imidazole rings is 1. The molecule has 0 radical (unpaired) electrons. The third kappa shape index (κ3) is 2.48. The molecule has 1 aromatic heterocycles. The molecule has 3 rings (SSSR count). The number of ether oxygens (including phenoxy) is 1. The maximum Gasteiger partial charge on any atom is 0.168 e. The number of para-hydroxylation sites is 1. The monoisotopic (exact) mass is 276 g/mol. The Bertz CT molecular complexity index is 558. The van der Waals surface area contributed by atoms with Crippen LogP contribution in [0.3, 0.4) is 0 Å². The molecule has 2 aromatic rings. The van der Waals surface area contributed by atoms with E-state index in [-0.39, 0.29) is 12.7 Å². The van der Waals surface area contributed by atoms with Gasteiger partial charge in [0.05, 0.1) is 18.5 Å². The van der Waals surface area contributed by atoms with Crippen molar-refractivity contribution >= 4 is 11.8 Å². The Morgan fingerprint density at radius 1 is 1.47 bits per heavy atom. The molecule has 1 unspecified atom stereocenters. The van der Waals surface area contributed by atoms with E-state index in [1.54, 1.807) is 18.0 Å². The average molecular weight is 276 g/mol. The molecular weight excluding hydrogens is 260 g/mol. The van der Waals surface area contributed by atoms with Crippen LogP contribution in [-0.2, 0) is 20.1 Å². The quantitative estimate of drug-likeness (QED) is 0.868. The highest BCUT2D eigenvalue weighted by atomic mass is 32.2. The third-order valence-corrected chi connectivity index (χ3v) is 4.49. The lowest BCUT2D eigenvalue weighted by Gasteiger charge is -2.10. The summed E-state index contributed by atoms with van der Waals surface area (Å²) in [5.74, 6) is 1.87. The zero-order valence-corrected chi connectivity index (χ0v) is 11.6. The van der Waals surface area contributed by atoms with Crippen LogP contribution >= 0.6 is 11.8 Å². The van der Waals surface area contributed by atoms with Crippen LogP contribution in [0.1, 0.15) is 11.3 Å². The van der Waals surface area contributed by atoms with Crippen molar-refractivity contribution < 1.29 is 9.84 Å². The van der Waals surface area contributed by atoms with Gasteiger partial charge in [0.25, 0.3) is 0 Å². The summed E-state index contributed by atoms with van der Waals surface area (Å²) in [6.07, 6.45) is 2.88. The molecule has 1 aliphatic rings. The van der Waals surface area contributed by atoms with E-state index in [2.05, 4.69) is 11.1 Å². The molecule has 2 heterocycles. The number of aliphatic hydroxyl groups excluding tert-OH is 1. The first kappa shape index (κ1) is 12.6. The van der Waals surface area contributed by atoms with Gasteiger partial charge >= 0.3 is 0 Å². The van der Waals surface area contributed by atoms with E-state index in [4.69, 9.17) is 9.84 Å². The van der Waals surface area contributed by atoms with Crippen LogP contribution in [0.5, 0.6) is 5.75 Å². The first-order valence-corrected chi connectivity index (χ1v) is 7.25. The number of thioether (sulfide) groups is 1. The van der Waals surface area contributed by atoms with Gasteiger partial charge in [0, 0.05) is 19.2 Å². The minimum absolute atomic E-state index is 0.0232. The Kier molecular flexibility index (Phi) is 3.48. The number of aromatic nitrogens is 2. The number of fused-ring (bicyclic) bond motifs is 1. The molecule has 4 nitrogen and oxygen atoms in total. The summed E-state index contributed by atoms with van der Waals surface area (Å²) in [4.78, 5) is 4.31. The van der Waals surface area contributed by atoms with Crippen LogP contribution in [0.25, 0.3) is 0 Å². The molecule has 1 N–H and O–H groups in total. The lowest BCUT2D eigenvalue weighted by atomic mass is 10.1. The summed E-state index contributed by atoms with van der Waals surface area (Å²) in [5.41, 5.74) is 2.11. The second kappa shape index (κ2) is 5.27. The smallest absolute Gasteiger partial charge is 0.168 e. The van der Waals surface area contributed by atoms with E-state index in [1.165, 1.54) is 5.56 Å². The molecule has 0 aliphatic carbocycles. The summed E-state index contributed by atoms with van der Waals surface area (Å²) >= 11 is 1.67. The zero-order valence-electron chi connectivity index (χ0n) is 10.7. The number of rotatable bonds is 4. The largest absolute Gasteiger partial charge is 0.489 e. The van der Waals surface area contributed by atoms with E-state index in [0.717, 1.165) is 28.8 Å². The molecule has 1 atom stereocenters. The number of hydrogen-bond acceptors (Lipinski definition) is 4. The average Bonchev–Trinajstić information content (AvgIpc) is 2.99. The van der Waals surface area contributed by atoms with E-state index in [0.29, 0.717) is 0 Å². The Balaban J connectivity index is 1.61. The van der Waals surface area contributed by atoms with Crippen LogP contribution in [0.4, 0.5) is 0 Å². The Morgan fingerprint density at radius 3 is 3.05 bits per heavy atom. The second-order valence-corrected chi connectivity index (χ2v) is 5.60. The summed E-state index contributed by atoms with van der Waals surface area (Å²) in [7, 11) is 1.92. The van der Waals surface area contributed by atoms with Crippen molar-refractivity contribution in [3.63, 3.8) is 0 Å². The zero-order chi connectivity index (χ0) is 13.2. The molecule has 5 heteroatoms. The first-order chi connectivity index (χ1) is 9.28. The summed E-state index contributed by atoms with van der Waals surface area (Å²) < 4.78 is 7.82. The van der Waals surface area contributed by atoms with Crippen molar-refractivity contribution in [1.29, 1.82) is 0 Å². The SMILES string of the molecule is Cn1c(CO)cnc1SCC1Cc2ccccc2O1. The van der Waals surface area contributed by atoms with E-state index in [9.17, 15) is 0 Å². The fourth-order valence-corrected chi connectivity index (χ4v) is 3.18. The van der Waals surface area contributed by atoms with Gasteiger partial charge in [0.15, 0.2) is 5.16 Å². The normalized spacial score (nSPS) is 17.3. The van der Waals surface area contributed by atoms with Gasteiger partial charge in [-0.1, -0.05) is 30.0 Å². The predicted octanol–water partition coefficient (Wildman–Crippen LogP) is 2.01. The van der Waals surface area contributed by atoms with Crippen molar-refractivity contribution in [3.8, 4) is 5.75 Å². The van der Waals surface area contributed by atoms with Gasteiger partial charge in [-0.3, -0.25) is 0 Å². The summed E-state index contributed by atoms with van der Waals surface area (Å²) in [6.45, 7) is 0.0232.